The second kappa shape index (κ2) is 10.7. The van der Waals surface area contributed by atoms with Crippen LogP contribution in [-0.2, 0) is 0 Å². The molecule has 0 unspecified atom stereocenters. The Morgan fingerprint density at radius 3 is 2.22 bits per heavy atom. The van der Waals surface area contributed by atoms with Gasteiger partial charge in [0, 0.05) is 5.56 Å². The summed E-state index contributed by atoms with van der Waals surface area (Å²) in [5.41, 5.74) is 3.62. The minimum absolute atomic E-state index is 0.202. The molecule has 0 radical (unpaired) electrons. The summed E-state index contributed by atoms with van der Waals surface area (Å²) >= 11 is 11.8. The molecule has 3 aromatic carbocycles. The molecule has 0 aliphatic heterocycles. The summed E-state index contributed by atoms with van der Waals surface area (Å²) in [6.07, 6.45) is 1.40. The number of hydrogen-bond donors (Lipinski definition) is 1. The molecule has 0 saturated heterocycles. The molecule has 0 aliphatic rings. The van der Waals surface area contributed by atoms with Crippen LogP contribution in [0.4, 0.5) is 0 Å². The number of halogens is 2. The van der Waals surface area contributed by atoms with E-state index in [9.17, 15) is 9.59 Å². The highest BCUT2D eigenvalue weighted by Gasteiger charge is 2.13. The Kier molecular flexibility index (Phi) is 7.70. The van der Waals surface area contributed by atoms with Crippen molar-refractivity contribution in [2.24, 2.45) is 5.10 Å². The normalized spacial score (nSPS) is 10.6. The van der Waals surface area contributed by atoms with Gasteiger partial charge < -0.3 is 14.2 Å². The molecule has 3 rings (SSSR count). The number of nitrogens with one attached hydrogen (secondary N) is 1. The van der Waals surface area contributed by atoms with Crippen LogP contribution in [0.5, 0.6) is 17.2 Å². The lowest BCUT2D eigenvalue weighted by Gasteiger charge is -2.10. The fraction of sp³-hybridized carbons (Fsp3) is 0.0870. The van der Waals surface area contributed by atoms with Crippen molar-refractivity contribution in [2.75, 3.05) is 14.2 Å². The lowest BCUT2D eigenvalue weighted by atomic mass is 10.2. The third kappa shape index (κ3) is 5.78. The number of nitrogens with zero attached hydrogens (tertiary/aromatic N) is 1. The van der Waals surface area contributed by atoms with Crippen molar-refractivity contribution in [2.45, 2.75) is 0 Å². The first-order chi connectivity index (χ1) is 15.4. The van der Waals surface area contributed by atoms with E-state index < -0.39 is 11.9 Å². The van der Waals surface area contributed by atoms with Crippen molar-refractivity contribution in [3.63, 3.8) is 0 Å². The molecule has 0 aromatic heterocycles. The predicted molar refractivity (Wildman–Crippen MR) is 122 cm³/mol. The molecule has 9 heteroatoms. The van der Waals surface area contributed by atoms with E-state index in [1.807, 2.05) is 0 Å². The lowest BCUT2D eigenvalue weighted by molar-refractivity contribution is 0.0729. The smallest absolute Gasteiger partial charge is 0.343 e. The average Bonchev–Trinajstić information content (AvgIpc) is 2.81. The molecule has 1 N–H and O–H groups in total. The number of hydrazone groups is 1. The van der Waals surface area contributed by atoms with E-state index in [1.54, 1.807) is 42.5 Å². The standard InChI is InChI=1S/C23H18Cl2N2O5/c1-30-17-7-4-15(5-8-17)23(29)32-21-11-14(3-10-20(21)31-2)13-26-27-22(28)16-6-9-18(24)19(25)12-16/h3-13H,1-2H3,(H,27,28)/b26-13+. The van der Waals surface area contributed by atoms with E-state index in [4.69, 9.17) is 37.4 Å². The zero-order valence-electron chi connectivity index (χ0n) is 17.1. The number of hydrogen-bond acceptors (Lipinski definition) is 6. The van der Waals surface area contributed by atoms with Gasteiger partial charge in [0.15, 0.2) is 11.5 Å². The number of methoxy groups -OCH3 is 2. The molecule has 0 saturated carbocycles. The van der Waals surface area contributed by atoms with Crippen molar-refractivity contribution in [3.05, 3.63) is 87.4 Å². The number of rotatable bonds is 7. The van der Waals surface area contributed by atoms with Gasteiger partial charge in [0.25, 0.3) is 5.91 Å². The van der Waals surface area contributed by atoms with Crippen molar-refractivity contribution in [1.29, 1.82) is 0 Å². The molecule has 7 nitrogen and oxygen atoms in total. The molecule has 0 aliphatic carbocycles. The maximum Gasteiger partial charge on any atom is 0.343 e. The Hall–Kier alpha value is -3.55. The van der Waals surface area contributed by atoms with Gasteiger partial charge in [-0.25, -0.2) is 10.2 Å². The molecule has 32 heavy (non-hydrogen) atoms. The highest BCUT2D eigenvalue weighted by molar-refractivity contribution is 6.42. The Bertz CT molecular complexity index is 1160. The van der Waals surface area contributed by atoms with E-state index in [0.717, 1.165) is 0 Å². The molecule has 0 bridgehead atoms. The van der Waals surface area contributed by atoms with Crippen LogP contribution in [0.15, 0.2) is 65.8 Å². The van der Waals surface area contributed by atoms with Crippen LogP contribution in [-0.4, -0.2) is 32.3 Å². The van der Waals surface area contributed by atoms with Crippen molar-refractivity contribution < 1.29 is 23.8 Å². The van der Waals surface area contributed by atoms with Gasteiger partial charge in [-0.3, -0.25) is 4.79 Å². The van der Waals surface area contributed by atoms with Gasteiger partial charge in [-0.1, -0.05) is 23.2 Å². The predicted octanol–water partition coefficient (Wildman–Crippen LogP) is 4.99. The molecular formula is C23H18Cl2N2O5. The van der Waals surface area contributed by atoms with Crippen molar-refractivity contribution in [1.82, 2.24) is 5.43 Å². The second-order valence-electron chi connectivity index (χ2n) is 6.36. The van der Waals surface area contributed by atoms with Crippen LogP contribution < -0.4 is 19.6 Å². The SMILES string of the molecule is COc1ccc(C(=O)Oc2cc(/C=N/NC(=O)c3ccc(Cl)c(Cl)c3)ccc2OC)cc1. The van der Waals surface area contributed by atoms with Crippen molar-refractivity contribution in [3.8, 4) is 17.2 Å². The zero-order valence-corrected chi connectivity index (χ0v) is 18.6. The Morgan fingerprint density at radius 2 is 1.56 bits per heavy atom. The Morgan fingerprint density at radius 1 is 0.844 bits per heavy atom. The molecule has 164 valence electrons. The van der Waals surface area contributed by atoms with Crippen molar-refractivity contribution >= 4 is 41.3 Å². The van der Waals surface area contributed by atoms with Crippen LogP contribution in [0.25, 0.3) is 0 Å². The number of amides is 1. The van der Waals surface area contributed by atoms with Gasteiger partial charge in [0.05, 0.1) is 36.0 Å². The van der Waals surface area contributed by atoms with E-state index in [1.165, 1.54) is 38.6 Å². The highest BCUT2D eigenvalue weighted by Crippen LogP contribution is 2.28. The second-order valence-corrected chi connectivity index (χ2v) is 7.17. The van der Waals surface area contributed by atoms with E-state index >= 15 is 0 Å². The van der Waals surface area contributed by atoms with E-state index in [2.05, 4.69) is 10.5 Å². The molecule has 0 spiro atoms. The maximum atomic E-state index is 12.5. The minimum Gasteiger partial charge on any atom is -0.497 e. The zero-order chi connectivity index (χ0) is 23.1. The first-order valence-electron chi connectivity index (χ1n) is 9.24. The van der Waals surface area contributed by atoms with Gasteiger partial charge in [-0.05, 0) is 66.2 Å². The quantitative estimate of drug-likeness (QED) is 0.226. The number of carbonyl (C=O) groups excluding carboxylic acids is 2. The Balaban J connectivity index is 1.71. The summed E-state index contributed by atoms with van der Waals surface area (Å²) < 4.78 is 15.8. The fourth-order valence-corrected chi connectivity index (χ4v) is 2.90. The summed E-state index contributed by atoms with van der Waals surface area (Å²) in [5.74, 6) is 0.171. The summed E-state index contributed by atoms with van der Waals surface area (Å²) in [6.45, 7) is 0. The number of benzene rings is 3. The van der Waals surface area contributed by atoms with Gasteiger partial charge in [0.1, 0.15) is 5.75 Å². The third-order valence-corrected chi connectivity index (χ3v) is 5.02. The van der Waals surface area contributed by atoms with Crippen LogP contribution in [0.2, 0.25) is 10.0 Å². The number of ether oxygens (including phenoxy) is 3. The lowest BCUT2D eigenvalue weighted by Crippen LogP contribution is -2.17. The molecule has 0 atom stereocenters. The molecule has 0 fully saturated rings. The fourth-order valence-electron chi connectivity index (χ4n) is 2.61. The van der Waals surface area contributed by atoms with Crippen LogP contribution in [0.3, 0.4) is 0 Å². The largest absolute Gasteiger partial charge is 0.497 e. The minimum atomic E-state index is -0.562. The molecule has 3 aromatic rings. The number of esters is 1. The summed E-state index contributed by atoms with van der Waals surface area (Å²) in [6, 6.07) is 15.9. The topological polar surface area (TPSA) is 86.2 Å². The summed E-state index contributed by atoms with van der Waals surface area (Å²) in [7, 11) is 3.00. The summed E-state index contributed by atoms with van der Waals surface area (Å²) in [4.78, 5) is 24.7. The molecular weight excluding hydrogens is 455 g/mol. The van der Waals surface area contributed by atoms with E-state index in [0.29, 0.717) is 33.2 Å². The number of carbonyl (C=O) groups is 2. The average molecular weight is 473 g/mol. The van der Waals surface area contributed by atoms with Gasteiger partial charge in [-0.2, -0.15) is 5.10 Å². The monoisotopic (exact) mass is 472 g/mol. The van der Waals surface area contributed by atoms with Crippen LogP contribution in [0.1, 0.15) is 26.3 Å². The van der Waals surface area contributed by atoms with E-state index in [-0.39, 0.29) is 10.8 Å². The highest BCUT2D eigenvalue weighted by atomic mass is 35.5. The first-order valence-corrected chi connectivity index (χ1v) is 9.99. The molecule has 1 amide bonds. The third-order valence-electron chi connectivity index (χ3n) is 4.28. The summed E-state index contributed by atoms with van der Waals surface area (Å²) in [5, 5.41) is 4.54. The van der Waals surface area contributed by atoms with Crippen LogP contribution in [0, 0.1) is 0 Å². The van der Waals surface area contributed by atoms with Crippen LogP contribution >= 0.6 is 23.2 Å². The van der Waals surface area contributed by atoms with Gasteiger partial charge in [0.2, 0.25) is 0 Å². The Labute approximate surface area is 194 Å². The van der Waals surface area contributed by atoms with Gasteiger partial charge in [-0.15, -0.1) is 0 Å². The maximum absolute atomic E-state index is 12.5. The van der Waals surface area contributed by atoms with Gasteiger partial charge >= 0.3 is 5.97 Å². The molecule has 0 heterocycles. The first kappa shape index (κ1) is 23.1.